The number of nitro benzene ring substituents is 1. The number of hydrogen-bond donors (Lipinski definition) is 0. The maximum absolute atomic E-state index is 12.9. The van der Waals surface area contributed by atoms with E-state index in [0.29, 0.717) is 5.56 Å². The van der Waals surface area contributed by atoms with Gasteiger partial charge in [0.25, 0.3) is 5.69 Å². The Balaban J connectivity index is 1.40. The molecular weight excluding hydrogens is 565 g/mol. The molecule has 0 saturated carbocycles. The van der Waals surface area contributed by atoms with Crippen LogP contribution in [-0.4, -0.2) is 16.9 Å². The first-order valence-corrected chi connectivity index (χ1v) is 13.9. The first-order chi connectivity index (χ1) is 19.7. The number of esters is 2. The molecule has 0 unspecified atom stereocenters. The standard InChI is InChI=1S/C32H27Cl2NO6/c1-2-3-4-5-7-21-10-12-22(13-11-21)23-8-6-9-24(18-23)31(36)40-25-14-16-27(28(33)19-25)32(37)41-26-15-17-30(35(38)39)29(34)20-26/h6,8-20H,2-5,7H2,1H3. The van der Waals surface area contributed by atoms with Crippen LogP contribution in [0.4, 0.5) is 5.69 Å². The number of nitro groups is 1. The van der Waals surface area contributed by atoms with E-state index in [0.717, 1.165) is 23.6 Å². The number of carbonyl (C=O) groups excluding carboxylic acids is 2. The van der Waals surface area contributed by atoms with E-state index in [1.807, 2.05) is 6.07 Å². The molecule has 0 fully saturated rings. The van der Waals surface area contributed by atoms with Gasteiger partial charge in [-0.1, -0.05) is 85.8 Å². The second-order valence-electron chi connectivity index (χ2n) is 9.38. The van der Waals surface area contributed by atoms with E-state index >= 15 is 0 Å². The van der Waals surface area contributed by atoms with Crippen molar-refractivity contribution in [3.63, 3.8) is 0 Å². The van der Waals surface area contributed by atoms with Crippen molar-refractivity contribution in [2.75, 3.05) is 0 Å². The normalized spacial score (nSPS) is 10.7. The summed E-state index contributed by atoms with van der Waals surface area (Å²) in [5.74, 6) is -1.23. The lowest BCUT2D eigenvalue weighted by molar-refractivity contribution is -0.384. The fourth-order valence-electron chi connectivity index (χ4n) is 4.20. The third-order valence-corrected chi connectivity index (χ3v) is 7.02. The zero-order valence-corrected chi connectivity index (χ0v) is 23.8. The Hall–Kier alpha value is -4.20. The van der Waals surface area contributed by atoms with Gasteiger partial charge in [-0.05, 0) is 59.9 Å². The Labute approximate surface area is 247 Å². The Kier molecular flexibility index (Phi) is 10.1. The largest absolute Gasteiger partial charge is 0.423 e. The van der Waals surface area contributed by atoms with Crippen molar-refractivity contribution in [3.8, 4) is 22.6 Å². The second kappa shape index (κ2) is 13.9. The monoisotopic (exact) mass is 591 g/mol. The van der Waals surface area contributed by atoms with E-state index in [4.69, 9.17) is 32.7 Å². The molecule has 0 bridgehead atoms. The van der Waals surface area contributed by atoms with Crippen molar-refractivity contribution in [1.29, 1.82) is 0 Å². The molecule has 0 spiro atoms. The molecule has 0 atom stereocenters. The summed E-state index contributed by atoms with van der Waals surface area (Å²) in [6, 6.07) is 23.2. The molecule has 0 aliphatic rings. The van der Waals surface area contributed by atoms with E-state index < -0.39 is 16.9 Å². The van der Waals surface area contributed by atoms with Gasteiger partial charge in [0.1, 0.15) is 16.5 Å². The van der Waals surface area contributed by atoms with Crippen molar-refractivity contribution >= 4 is 40.8 Å². The number of rotatable bonds is 11. The minimum absolute atomic E-state index is 0.00292. The molecule has 4 rings (SSSR count). The van der Waals surface area contributed by atoms with Gasteiger partial charge in [0.05, 0.1) is 21.1 Å². The summed E-state index contributed by atoms with van der Waals surface area (Å²) in [5.41, 5.74) is 3.24. The summed E-state index contributed by atoms with van der Waals surface area (Å²) < 4.78 is 10.7. The Morgan fingerprint density at radius 1 is 0.756 bits per heavy atom. The van der Waals surface area contributed by atoms with Crippen LogP contribution in [0.1, 0.15) is 58.9 Å². The molecule has 0 aromatic heterocycles. The van der Waals surface area contributed by atoms with E-state index in [2.05, 4.69) is 31.2 Å². The SMILES string of the molecule is CCCCCCc1ccc(-c2cccc(C(=O)Oc3ccc(C(=O)Oc4ccc([N+](=O)[O-])c(Cl)c4)c(Cl)c3)c2)cc1. The van der Waals surface area contributed by atoms with Crippen molar-refractivity contribution in [1.82, 2.24) is 0 Å². The molecule has 0 N–H and O–H groups in total. The van der Waals surface area contributed by atoms with Gasteiger partial charge in [-0.3, -0.25) is 10.1 Å². The molecule has 210 valence electrons. The molecule has 0 aliphatic carbocycles. The maximum atomic E-state index is 12.9. The van der Waals surface area contributed by atoms with Crippen LogP contribution >= 0.6 is 23.2 Å². The minimum Gasteiger partial charge on any atom is -0.423 e. The molecule has 41 heavy (non-hydrogen) atoms. The van der Waals surface area contributed by atoms with Gasteiger partial charge < -0.3 is 9.47 Å². The van der Waals surface area contributed by atoms with Crippen molar-refractivity contribution in [2.45, 2.75) is 39.0 Å². The lowest BCUT2D eigenvalue weighted by atomic mass is 10.00. The quantitative estimate of drug-likeness (QED) is 0.0567. The average molecular weight is 592 g/mol. The van der Waals surface area contributed by atoms with Gasteiger partial charge in [0.2, 0.25) is 0 Å². The molecule has 4 aromatic carbocycles. The number of aryl methyl sites for hydroxylation is 1. The summed E-state index contributed by atoms with van der Waals surface area (Å²) in [7, 11) is 0. The molecule has 7 nitrogen and oxygen atoms in total. The number of halogens is 2. The summed E-state index contributed by atoms with van der Waals surface area (Å²) in [4.78, 5) is 35.8. The molecular formula is C32H27Cl2NO6. The van der Waals surface area contributed by atoms with Gasteiger partial charge in [0.15, 0.2) is 0 Å². The van der Waals surface area contributed by atoms with Gasteiger partial charge in [0, 0.05) is 18.2 Å². The molecule has 0 heterocycles. The molecule has 0 radical (unpaired) electrons. The third-order valence-electron chi connectivity index (χ3n) is 6.40. The summed E-state index contributed by atoms with van der Waals surface area (Å²) in [6.07, 6.45) is 5.93. The molecule has 9 heteroatoms. The summed E-state index contributed by atoms with van der Waals surface area (Å²) in [6.45, 7) is 2.20. The summed E-state index contributed by atoms with van der Waals surface area (Å²) in [5, 5.41) is 10.7. The number of ether oxygens (including phenoxy) is 2. The Morgan fingerprint density at radius 2 is 1.44 bits per heavy atom. The number of nitrogens with zero attached hydrogens (tertiary/aromatic N) is 1. The van der Waals surface area contributed by atoms with Crippen LogP contribution in [-0.2, 0) is 6.42 Å². The fourth-order valence-corrected chi connectivity index (χ4v) is 4.68. The molecule has 0 saturated heterocycles. The minimum atomic E-state index is -0.808. The molecule has 0 amide bonds. The predicted octanol–water partition coefficient (Wildman–Crippen LogP) is 9.13. The lowest BCUT2D eigenvalue weighted by Gasteiger charge is -2.10. The van der Waals surface area contributed by atoms with Gasteiger partial charge in [-0.25, -0.2) is 9.59 Å². The molecule has 4 aromatic rings. The van der Waals surface area contributed by atoms with Crippen LogP contribution in [0.5, 0.6) is 11.5 Å². The zero-order chi connectivity index (χ0) is 29.4. The highest BCUT2D eigenvalue weighted by atomic mass is 35.5. The van der Waals surface area contributed by atoms with Crippen LogP contribution in [0.25, 0.3) is 11.1 Å². The van der Waals surface area contributed by atoms with Crippen molar-refractivity contribution in [2.24, 2.45) is 0 Å². The van der Waals surface area contributed by atoms with Gasteiger partial charge in [-0.15, -0.1) is 0 Å². The van der Waals surface area contributed by atoms with E-state index in [-0.39, 0.29) is 32.8 Å². The van der Waals surface area contributed by atoms with E-state index in [1.54, 1.807) is 18.2 Å². The van der Waals surface area contributed by atoms with Gasteiger partial charge in [-0.2, -0.15) is 0 Å². The topological polar surface area (TPSA) is 95.7 Å². The van der Waals surface area contributed by atoms with Crippen LogP contribution < -0.4 is 9.47 Å². The number of carbonyl (C=O) groups is 2. The highest BCUT2D eigenvalue weighted by molar-refractivity contribution is 6.34. The van der Waals surface area contributed by atoms with Crippen molar-refractivity contribution in [3.05, 3.63) is 122 Å². The number of unbranched alkanes of at least 4 members (excludes halogenated alkanes) is 3. The Morgan fingerprint density at radius 3 is 2.10 bits per heavy atom. The van der Waals surface area contributed by atoms with E-state index in [9.17, 15) is 19.7 Å². The second-order valence-corrected chi connectivity index (χ2v) is 10.2. The van der Waals surface area contributed by atoms with Crippen LogP contribution in [0.3, 0.4) is 0 Å². The average Bonchev–Trinajstić information content (AvgIpc) is 2.95. The zero-order valence-electron chi connectivity index (χ0n) is 22.3. The van der Waals surface area contributed by atoms with Crippen LogP contribution in [0, 0.1) is 10.1 Å². The fraction of sp³-hybridized carbons (Fsp3) is 0.188. The highest BCUT2D eigenvalue weighted by Crippen LogP contribution is 2.30. The Bertz CT molecular complexity index is 1570. The molecule has 0 aliphatic heterocycles. The smallest absolute Gasteiger partial charge is 0.345 e. The highest BCUT2D eigenvalue weighted by Gasteiger charge is 2.18. The van der Waals surface area contributed by atoms with Crippen LogP contribution in [0.15, 0.2) is 84.9 Å². The maximum Gasteiger partial charge on any atom is 0.345 e. The predicted molar refractivity (Wildman–Crippen MR) is 159 cm³/mol. The van der Waals surface area contributed by atoms with E-state index in [1.165, 1.54) is 61.6 Å². The van der Waals surface area contributed by atoms with Crippen LogP contribution in [0.2, 0.25) is 10.0 Å². The third kappa shape index (κ3) is 7.93. The first-order valence-electron chi connectivity index (χ1n) is 13.1. The number of benzene rings is 4. The van der Waals surface area contributed by atoms with Crippen molar-refractivity contribution < 1.29 is 24.0 Å². The summed E-state index contributed by atoms with van der Waals surface area (Å²) >= 11 is 12.1. The lowest BCUT2D eigenvalue weighted by Crippen LogP contribution is -2.11. The first kappa shape index (κ1) is 29.8. The number of hydrogen-bond acceptors (Lipinski definition) is 6. The van der Waals surface area contributed by atoms with Gasteiger partial charge >= 0.3 is 11.9 Å².